The molecule has 100 valence electrons. The highest BCUT2D eigenvalue weighted by molar-refractivity contribution is 7.13. The molecule has 0 aliphatic rings. The normalized spacial score (nSPS) is 11.9. The van der Waals surface area contributed by atoms with Gasteiger partial charge in [-0.3, -0.25) is 5.32 Å². The van der Waals surface area contributed by atoms with E-state index in [1.165, 1.54) is 17.4 Å². The van der Waals surface area contributed by atoms with Crippen molar-refractivity contribution in [1.29, 1.82) is 0 Å². The molecule has 2 amide bonds. The zero-order valence-corrected chi connectivity index (χ0v) is 10.8. The quantitative estimate of drug-likeness (QED) is 0.908. The number of carbonyl (C=O) groups excluding carboxylic acids is 1. The number of nitrogens with zero attached hydrogens (tertiary/aromatic N) is 1. The second-order valence-corrected chi connectivity index (χ2v) is 4.73. The second kappa shape index (κ2) is 5.75. The lowest BCUT2D eigenvalue weighted by Crippen LogP contribution is -2.31. The van der Waals surface area contributed by atoms with Crippen molar-refractivity contribution < 1.29 is 13.6 Å². The second-order valence-electron chi connectivity index (χ2n) is 3.83. The highest BCUT2D eigenvalue weighted by atomic mass is 32.1. The largest absolute Gasteiger partial charge is 0.331 e. The molecule has 0 fully saturated rings. The zero-order chi connectivity index (χ0) is 13.8. The Morgan fingerprint density at radius 2 is 2.16 bits per heavy atom. The standard InChI is InChI=1S/C12H11F2N3OS/c1-7(8-2-3-9(13)10(14)6-8)16-11(18)17-12-15-4-5-19-12/h2-7H,1H3,(H2,15,16,17,18)/t7-/m1/s1. The zero-order valence-electron chi connectivity index (χ0n) is 9.98. The van der Waals surface area contributed by atoms with Crippen LogP contribution in [-0.2, 0) is 0 Å². The number of carbonyl (C=O) groups is 1. The van der Waals surface area contributed by atoms with Gasteiger partial charge in [0.1, 0.15) is 0 Å². The van der Waals surface area contributed by atoms with Crippen molar-refractivity contribution in [3.8, 4) is 0 Å². The average molecular weight is 283 g/mol. The first-order valence-corrected chi connectivity index (χ1v) is 6.36. The van der Waals surface area contributed by atoms with E-state index in [1.54, 1.807) is 18.5 Å². The van der Waals surface area contributed by atoms with Crippen molar-refractivity contribution in [2.75, 3.05) is 5.32 Å². The molecule has 1 aromatic carbocycles. The monoisotopic (exact) mass is 283 g/mol. The van der Waals surface area contributed by atoms with Gasteiger partial charge in [0.2, 0.25) is 0 Å². The van der Waals surface area contributed by atoms with Crippen LogP contribution in [-0.4, -0.2) is 11.0 Å². The van der Waals surface area contributed by atoms with Gasteiger partial charge in [-0.15, -0.1) is 11.3 Å². The smallest absolute Gasteiger partial charge is 0.321 e. The van der Waals surface area contributed by atoms with Crippen molar-refractivity contribution in [1.82, 2.24) is 10.3 Å². The van der Waals surface area contributed by atoms with E-state index in [0.717, 1.165) is 12.1 Å². The molecular weight excluding hydrogens is 272 g/mol. The third-order valence-corrected chi connectivity index (χ3v) is 3.13. The summed E-state index contributed by atoms with van der Waals surface area (Å²) in [4.78, 5) is 15.5. The van der Waals surface area contributed by atoms with Crippen molar-refractivity contribution >= 4 is 22.5 Å². The first kappa shape index (κ1) is 13.4. The number of halogens is 2. The van der Waals surface area contributed by atoms with Gasteiger partial charge in [-0.05, 0) is 24.6 Å². The number of nitrogens with one attached hydrogen (secondary N) is 2. The maximum atomic E-state index is 13.1. The van der Waals surface area contributed by atoms with Crippen LogP contribution in [0.5, 0.6) is 0 Å². The molecule has 0 aliphatic heterocycles. The first-order chi connectivity index (χ1) is 9.06. The fourth-order valence-electron chi connectivity index (χ4n) is 1.48. The van der Waals surface area contributed by atoms with Crippen molar-refractivity contribution in [2.24, 2.45) is 0 Å². The third-order valence-electron chi connectivity index (χ3n) is 2.44. The van der Waals surface area contributed by atoms with E-state index in [4.69, 9.17) is 0 Å². The summed E-state index contributed by atoms with van der Waals surface area (Å²) in [7, 11) is 0. The predicted molar refractivity (Wildman–Crippen MR) is 69.0 cm³/mol. The lowest BCUT2D eigenvalue weighted by molar-refractivity contribution is 0.249. The van der Waals surface area contributed by atoms with Crippen LogP contribution in [0, 0.1) is 11.6 Å². The molecular formula is C12H11F2N3OS. The van der Waals surface area contributed by atoms with Gasteiger partial charge in [0.15, 0.2) is 16.8 Å². The minimum Gasteiger partial charge on any atom is -0.331 e. The van der Waals surface area contributed by atoms with Crippen molar-refractivity contribution in [2.45, 2.75) is 13.0 Å². The van der Waals surface area contributed by atoms with E-state index in [9.17, 15) is 13.6 Å². The van der Waals surface area contributed by atoms with Crippen LogP contribution in [0.4, 0.5) is 18.7 Å². The highest BCUT2D eigenvalue weighted by Gasteiger charge is 2.12. The summed E-state index contributed by atoms with van der Waals surface area (Å²) >= 11 is 1.29. The molecule has 1 atom stereocenters. The molecule has 4 nitrogen and oxygen atoms in total. The van der Waals surface area contributed by atoms with Crippen LogP contribution in [0.25, 0.3) is 0 Å². The van der Waals surface area contributed by atoms with Crippen LogP contribution in [0.1, 0.15) is 18.5 Å². The van der Waals surface area contributed by atoms with Gasteiger partial charge in [0.05, 0.1) is 6.04 Å². The summed E-state index contributed by atoms with van der Waals surface area (Å²) in [6.07, 6.45) is 1.57. The fourth-order valence-corrected chi connectivity index (χ4v) is 2.00. The average Bonchev–Trinajstić information content (AvgIpc) is 2.85. The molecule has 19 heavy (non-hydrogen) atoms. The number of aromatic nitrogens is 1. The Kier molecular flexibility index (Phi) is 4.06. The molecule has 0 bridgehead atoms. The summed E-state index contributed by atoms with van der Waals surface area (Å²) < 4.78 is 25.9. The predicted octanol–water partition coefficient (Wildman–Crippen LogP) is 3.30. The molecule has 0 saturated carbocycles. The molecule has 1 aromatic heterocycles. The van der Waals surface area contributed by atoms with E-state index in [1.807, 2.05) is 0 Å². The van der Waals surface area contributed by atoms with Crippen LogP contribution < -0.4 is 10.6 Å². The number of benzene rings is 1. The van der Waals surface area contributed by atoms with E-state index in [0.29, 0.717) is 10.7 Å². The van der Waals surface area contributed by atoms with Crippen LogP contribution in [0.2, 0.25) is 0 Å². The Morgan fingerprint density at radius 3 is 2.79 bits per heavy atom. The van der Waals surface area contributed by atoms with Crippen LogP contribution in [0.15, 0.2) is 29.8 Å². The SMILES string of the molecule is C[C@@H](NC(=O)Nc1nccs1)c1ccc(F)c(F)c1. The third kappa shape index (κ3) is 3.47. The van der Waals surface area contributed by atoms with Crippen LogP contribution >= 0.6 is 11.3 Å². The number of thiazole rings is 1. The van der Waals surface area contributed by atoms with Gasteiger partial charge in [0, 0.05) is 11.6 Å². The van der Waals surface area contributed by atoms with E-state index in [2.05, 4.69) is 15.6 Å². The minimum absolute atomic E-state index is 0.449. The van der Waals surface area contributed by atoms with Gasteiger partial charge < -0.3 is 5.32 Å². The first-order valence-electron chi connectivity index (χ1n) is 5.48. The maximum Gasteiger partial charge on any atom is 0.321 e. The molecule has 0 saturated heterocycles. The molecule has 2 N–H and O–H groups in total. The van der Waals surface area contributed by atoms with Gasteiger partial charge in [-0.25, -0.2) is 18.6 Å². The van der Waals surface area contributed by atoms with Gasteiger partial charge in [0.25, 0.3) is 0 Å². The lowest BCUT2D eigenvalue weighted by Gasteiger charge is -2.14. The molecule has 0 unspecified atom stereocenters. The topological polar surface area (TPSA) is 54.0 Å². The van der Waals surface area contributed by atoms with E-state index in [-0.39, 0.29) is 0 Å². The Bertz CT molecular complexity index is 574. The number of hydrogen-bond acceptors (Lipinski definition) is 3. The molecule has 7 heteroatoms. The molecule has 2 rings (SSSR count). The fraction of sp³-hybridized carbons (Fsp3) is 0.167. The Morgan fingerprint density at radius 1 is 1.37 bits per heavy atom. The van der Waals surface area contributed by atoms with E-state index >= 15 is 0 Å². The summed E-state index contributed by atoms with van der Waals surface area (Å²) in [5.74, 6) is -1.85. The number of rotatable bonds is 3. The number of urea groups is 1. The Balaban J connectivity index is 1.98. The molecule has 0 spiro atoms. The summed E-state index contributed by atoms with van der Waals surface area (Å²) in [5.41, 5.74) is 0.480. The van der Waals surface area contributed by atoms with Crippen molar-refractivity contribution in [3.05, 3.63) is 47.0 Å². The van der Waals surface area contributed by atoms with E-state index < -0.39 is 23.7 Å². The van der Waals surface area contributed by atoms with Gasteiger partial charge >= 0.3 is 6.03 Å². The minimum atomic E-state index is -0.938. The molecule has 1 heterocycles. The lowest BCUT2D eigenvalue weighted by atomic mass is 10.1. The molecule has 0 radical (unpaired) electrons. The maximum absolute atomic E-state index is 13.1. The Hall–Kier alpha value is -2.02. The van der Waals surface area contributed by atoms with Gasteiger partial charge in [-0.1, -0.05) is 6.07 Å². The van der Waals surface area contributed by atoms with Crippen molar-refractivity contribution in [3.63, 3.8) is 0 Å². The summed E-state index contributed by atoms with van der Waals surface area (Å²) in [5, 5.41) is 7.34. The number of hydrogen-bond donors (Lipinski definition) is 2. The summed E-state index contributed by atoms with van der Waals surface area (Å²) in [6.45, 7) is 1.67. The molecule has 0 aliphatic carbocycles. The van der Waals surface area contributed by atoms with Gasteiger partial charge in [-0.2, -0.15) is 0 Å². The molecule has 2 aromatic rings. The number of amides is 2. The van der Waals surface area contributed by atoms with Crippen LogP contribution in [0.3, 0.4) is 0 Å². The Labute approximate surface area is 112 Å². The summed E-state index contributed by atoms with van der Waals surface area (Å²) in [6, 6.07) is 2.61. The number of anilines is 1. The highest BCUT2D eigenvalue weighted by Crippen LogP contribution is 2.16.